The van der Waals surface area contributed by atoms with Crippen molar-refractivity contribution in [3.8, 4) is 16.9 Å². The Morgan fingerprint density at radius 3 is 2.30 bits per heavy atom. The summed E-state index contributed by atoms with van der Waals surface area (Å²) < 4.78 is 36.6. The summed E-state index contributed by atoms with van der Waals surface area (Å²) in [6.45, 7) is 8.45. The molecular weight excluding hydrogens is 844 g/mol. The molecule has 330 valence electrons. The van der Waals surface area contributed by atoms with Crippen LogP contribution in [0.4, 0.5) is 49.4 Å². The Labute approximate surface area is 371 Å². The van der Waals surface area contributed by atoms with Crippen LogP contribution in [0.3, 0.4) is 0 Å². The van der Waals surface area contributed by atoms with Gasteiger partial charge < -0.3 is 29.7 Å². The van der Waals surface area contributed by atoms with Crippen LogP contribution < -0.4 is 40.7 Å². The Bertz CT molecular complexity index is 2600. The molecule has 1 saturated carbocycles. The van der Waals surface area contributed by atoms with Crippen molar-refractivity contribution in [2.45, 2.75) is 44.1 Å². The Morgan fingerprint density at radius 2 is 1.63 bits per heavy atom. The number of amides is 3. The van der Waals surface area contributed by atoms with E-state index in [0.717, 1.165) is 74.0 Å². The first-order chi connectivity index (χ1) is 30.3. The minimum atomic E-state index is -2.63. The number of imide groups is 1. The van der Waals surface area contributed by atoms with Crippen LogP contribution in [0.1, 0.15) is 43.6 Å². The minimum absolute atomic E-state index is 0.184. The zero-order valence-electron chi connectivity index (χ0n) is 35.9. The summed E-state index contributed by atoms with van der Waals surface area (Å²) in [5.74, 6) is 1.14. The molecule has 3 aromatic carbocycles. The van der Waals surface area contributed by atoms with Crippen molar-refractivity contribution in [1.29, 1.82) is 0 Å². The Morgan fingerprint density at radius 1 is 0.873 bits per heavy atom. The lowest BCUT2D eigenvalue weighted by Crippen LogP contribution is -2.53. The molecule has 63 heavy (non-hydrogen) atoms. The summed E-state index contributed by atoms with van der Waals surface area (Å²) in [4.78, 5) is 41.6. The first-order valence-electron chi connectivity index (χ1n) is 21.4. The van der Waals surface area contributed by atoms with Gasteiger partial charge in [0.05, 0.1) is 36.6 Å². The van der Waals surface area contributed by atoms with E-state index in [9.17, 15) is 14.2 Å². The van der Waals surface area contributed by atoms with Gasteiger partial charge in [-0.1, -0.05) is 17.7 Å². The van der Waals surface area contributed by atoms with E-state index in [1.54, 1.807) is 43.5 Å². The number of ether oxygens (including phenoxy) is 1. The predicted octanol–water partition coefficient (Wildman–Crippen LogP) is 7.53. The largest absolute Gasteiger partial charge is 0.494 e. The molecule has 0 unspecified atom stereocenters. The van der Waals surface area contributed by atoms with E-state index in [-0.39, 0.29) is 24.7 Å². The zero-order chi connectivity index (χ0) is 44.0. The van der Waals surface area contributed by atoms with Crippen LogP contribution in [-0.2, 0) is 16.4 Å². The fraction of sp³-hybridized carbons (Fsp3) is 0.400. The lowest BCUT2D eigenvalue weighted by molar-refractivity contribution is -0.120. The van der Waals surface area contributed by atoms with Crippen LogP contribution in [0.2, 0.25) is 5.02 Å². The number of hydrogen-bond acceptors (Lipinski definition) is 12. The van der Waals surface area contributed by atoms with Crippen molar-refractivity contribution in [2.75, 3.05) is 91.6 Å². The quantitative estimate of drug-likeness (QED) is 0.106. The van der Waals surface area contributed by atoms with Gasteiger partial charge in [0.2, 0.25) is 11.9 Å². The molecule has 15 nitrogen and oxygen atoms in total. The molecule has 4 aliphatic rings. The summed E-state index contributed by atoms with van der Waals surface area (Å²) >= 11 is 6.65. The van der Waals surface area contributed by atoms with E-state index in [0.29, 0.717) is 70.3 Å². The molecule has 5 heterocycles. The maximum atomic E-state index is 15.4. The third kappa shape index (κ3) is 9.20. The summed E-state index contributed by atoms with van der Waals surface area (Å²) in [6.07, 6.45) is 9.81. The Balaban J connectivity index is 0.883. The monoisotopic (exact) mass is 895 g/mol. The maximum absolute atomic E-state index is 15.4. The number of urea groups is 1. The maximum Gasteiger partial charge on any atom is 0.328 e. The second-order valence-electron chi connectivity index (χ2n) is 17.1. The highest BCUT2D eigenvalue weighted by molar-refractivity contribution is 7.70. The van der Waals surface area contributed by atoms with Crippen molar-refractivity contribution in [3.05, 3.63) is 83.5 Å². The van der Waals surface area contributed by atoms with Crippen molar-refractivity contribution < 1.29 is 23.3 Å². The fourth-order valence-corrected chi connectivity index (χ4v) is 10.3. The lowest BCUT2D eigenvalue weighted by Gasteiger charge is -2.44. The molecule has 2 aromatic heterocycles. The number of halogens is 2. The number of nitrogens with one attached hydrogen (secondary N) is 3. The number of carbonyl (C=O) groups is 2. The zero-order valence-corrected chi connectivity index (χ0v) is 37.6. The van der Waals surface area contributed by atoms with Crippen molar-refractivity contribution in [3.63, 3.8) is 0 Å². The molecule has 3 amide bonds. The van der Waals surface area contributed by atoms with Gasteiger partial charge in [-0.15, -0.1) is 0 Å². The molecular formula is C45H52ClFN11O4P. The number of methoxy groups -OCH3 is 1. The van der Waals surface area contributed by atoms with Gasteiger partial charge in [-0.25, -0.2) is 14.2 Å². The van der Waals surface area contributed by atoms with E-state index < -0.39 is 13.2 Å². The van der Waals surface area contributed by atoms with Gasteiger partial charge in [0.1, 0.15) is 23.7 Å². The number of anilines is 7. The molecule has 3 saturated heterocycles. The van der Waals surface area contributed by atoms with E-state index in [1.165, 1.54) is 16.5 Å². The fourth-order valence-electron chi connectivity index (χ4n) is 8.95. The van der Waals surface area contributed by atoms with Crippen molar-refractivity contribution in [1.82, 2.24) is 30.0 Å². The molecule has 5 aromatic rings. The highest BCUT2D eigenvalue weighted by Crippen LogP contribution is 2.45. The van der Waals surface area contributed by atoms with Crippen LogP contribution in [0.15, 0.2) is 67.1 Å². The van der Waals surface area contributed by atoms with Gasteiger partial charge in [0.25, 0.3) is 0 Å². The Hall–Kier alpha value is -5.70. The number of aryl methyl sites for hydroxylation is 1. The minimum Gasteiger partial charge on any atom is -0.494 e. The smallest absolute Gasteiger partial charge is 0.328 e. The van der Waals surface area contributed by atoms with Crippen LogP contribution >= 0.6 is 18.7 Å². The standard InChI is InChI=1S/C45H52ClFN11O4P/c1-54-27-30(25-49-54)33-23-37(51-44-48-26-34(46)43(53-44)50-36-9-7-29(28-5-6-28)21-41(36)63(3,4)61)40(62-2)24-39(33)56-14-11-31(12-15-56)55-17-19-57(20-18-55)38-10-8-32(22-35(38)47)58-16-13-42(59)52-45(58)60/h7-10,21-28,31H,5-6,11-20H2,1-4H3,(H,52,59,60)(H2,48,50,51,53). The van der Waals surface area contributed by atoms with Crippen LogP contribution in [0.25, 0.3) is 11.1 Å². The first-order valence-corrected chi connectivity index (χ1v) is 24.4. The summed E-state index contributed by atoms with van der Waals surface area (Å²) in [5.41, 5.74) is 6.51. The number of hydrogen-bond donors (Lipinski definition) is 3. The second kappa shape index (κ2) is 17.5. The first kappa shape index (κ1) is 42.6. The van der Waals surface area contributed by atoms with Gasteiger partial charge in [-0.2, -0.15) is 10.1 Å². The van der Waals surface area contributed by atoms with Gasteiger partial charge in [0, 0.05) is 105 Å². The highest BCUT2D eigenvalue weighted by Gasteiger charge is 2.32. The topological polar surface area (TPSA) is 153 Å². The average molecular weight is 896 g/mol. The number of carbonyl (C=O) groups excluding carboxylic acids is 2. The molecule has 4 fully saturated rings. The number of piperazine rings is 1. The molecule has 0 atom stereocenters. The second-order valence-corrected chi connectivity index (χ2v) is 20.7. The molecule has 0 radical (unpaired) electrons. The number of nitrogens with zero attached hydrogens (tertiary/aromatic N) is 8. The number of piperidine rings is 1. The summed E-state index contributed by atoms with van der Waals surface area (Å²) in [7, 11) is 0.915. The van der Waals surface area contributed by atoms with Gasteiger partial charge in [-0.05, 0) is 86.9 Å². The van der Waals surface area contributed by atoms with E-state index in [1.807, 2.05) is 25.5 Å². The number of benzene rings is 3. The SMILES string of the molecule is COc1cc(N2CCC(N3CCN(c4ccc(N5CCC(=O)NC5=O)cc4F)CC3)CC2)c(-c2cnn(C)c2)cc1Nc1ncc(Cl)c(Nc2ccc(C3CC3)cc2P(C)(C)=O)n1. The van der Waals surface area contributed by atoms with E-state index in [4.69, 9.17) is 21.3 Å². The number of aromatic nitrogens is 4. The molecule has 0 spiro atoms. The Kier molecular flexibility index (Phi) is 11.8. The van der Waals surface area contributed by atoms with Gasteiger partial charge in [-0.3, -0.25) is 24.6 Å². The molecule has 0 bridgehead atoms. The predicted molar refractivity (Wildman–Crippen MR) is 247 cm³/mol. The van der Waals surface area contributed by atoms with E-state index >= 15 is 4.39 Å². The molecule has 3 N–H and O–H groups in total. The molecule has 18 heteroatoms. The van der Waals surface area contributed by atoms with Gasteiger partial charge in [0.15, 0.2) is 5.82 Å². The third-order valence-electron chi connectivity index (χ3n) is 12.5. The van der Waals surface area contributed by atoms with Crippen LogP contribution in [-0.4, -0.2) is 109 Å². The highest BCUT2D eigenvalue weighted by atomic mass is 35.5. The van der Waals surface area contributed by atoms with Crippen LogP contribution in [0.5, 0.6) is 5.75 Å². The lowest BCUT2D eigenvalue weighted by atomic mass is 9.98. The normalized spacial score (nSPS) is 17.8. The average Bonchev–Trinajstić information content (AvgIpc) is 4.03. The van der Waals surface area contributed by atoms with E-state index in [2.05, 4.69) is 65.0 Å². The molecule has 1 aliphatic carbocycles. The summed E-state index contributed by atoms with van der Waals surface area (Å²) in [5, 5.41) is 14.6. The van der Waals surface area contributed by atoms with Crippen LogP contribution in [0, 0.1) is 5.82 Å². The van der Waals surface area contributed by atoms with Crippen molar-refractivity contribution in [2.24, 2.45) is 7.05 Å². The van der Waals surface area contributed by atoms with Gasteiger partial charge >= 0.3 is 6.03 Å². The number of rotatable bonds is 12. The molecule has 3 aliphatic heterocycles. The molecule has 9 rings (SSSR count). The third-order valence-corrected chi connectivity index (χ3v) is 14.3. The van der Waals surface area contributed by atoms with Crippen molar-refractivity contribution >= 4 is 76.2 Å². The summed E-state index contributed by atoms with van der Waals surface area (Å²) in [6, 6.07) is 14.9.